The summed E-state index contributed by atoms with van der Waals surface area (Å²) in [6.07, 6.45) is -9.29. The molecule has 0 spiro atoms. The van der Waals surface area contributed by atoms with Crippen LogP contribution in [0.15, 0.2) is 102 Å². The first-order chi connectivity index (χ1) is 17.6. The Bertz CT molecular complexity index is 1350. The van der Waals surface area contributed by atoms with Crippen molar-refractivity contribution >= 4 is 11.4 Å². The second kappa shape index (κ2) is 10.4. The molecule has 0 unspecified atom stereocenters. The van der Waals surface area contributed by atoms with Gasteiger partial charge in [-0.3, -0.25) is 5.43 Å². The quantitative estimate of drug-likeness (QED) is 0.160. The summed E-state index contributed by atoms with van der Waals surface area (Å²) >= 11 is 0. The molecule has 3 nitrogen and oxygen atoms in total. The summed E-state index contributed by atoms with van der Waals surface area (Å²) in [6, 6.07) is 23.2. The van der Waals surface area contributed by atoms with E-state index >= 15 is 0 Å². The van der Waals surface area contributed by atoms with E-state index in [1.807, 2.05) is 36.4 Å². The smallest absolute Gasteiger partial charge is 0.416 e. The maximum absolute atomic E-state index is 13.4. The zero-order valence-corrected chi connectivity index (χ0v) is 19.4. The Morgan fingerprint density at radius 2 is 1.22 bits per heavy atom. The molecule has 0 saturated heterocycles. The zero-order valence-electron chi connectivity index (χ0n) is 19.4. The molecular formula is C28H20F6N2O. The van der Waals surface area contributed by atoms with E-state index in [0.717, 1.165) is 35.4 Å². The molecule has 0 aliphatic carbocycles. The van der Waals surface area contributed by atoms with Crippen molar-refractivity contribution in [3.05, 3.63) is 119 Å². The molecule has 0 radical (unpaired) electrons. The van der Waals surface area contributed by atoms with Crippen LogP contribution in [-0.4, -0.2) is 12.8 Å². The maximum atomic E-state index is 13.4. The van der Waals surface area contributed by atoms with Crippen molar-refractivity contribution in [2.75, 3.05) is 12.5 Å². The van der Waals surface area contributed by atoms with Crippen LogP contribution in [0.2, 0.25) is 0 Å². The number of methoxy groups -OCH3 is 1. The van der Waals surface area contributed by atoms with E-state index in [1.165, 1.54) is 31.4 Å². The van der Waals surface area contributed by atoms with Gasteiger partial charge in [0.25, 0.3) is 0 Å². The van der Waals surface area contributed by atoms with E-state index < -0.39 is 23.5 Å². The first-order valence-corrected chi connectivity index (χ1v) is 11.0. The van der Waals surface area contributed by atoms with E-state index in [4.69, 9.17) is 4.74 Å². The second-order valence-electron chi connectivity index (χ2n) is 8.01. The number of benzene rings is 4. The number of ether oxygens (including phenoxy) is 1. The topological polar surface area (TPSA) is 33.6 Å². The third-order valence-electron chi connectivity index (χ3n) is 5.52. The molecule has 0 aromatic heterocycles. The molecule has 4 rings (SSSR count). The number of hydrazone groups is 1. The van der Waals surface area contributed by atoms with Crippen molar-refractivity contribution in [3.8, 4) is 16.9 Å². The average molecular weight is 514 g/mol. The minimum absolute atomic E-state index is 0.0140. The molecule has 4 aromatic carbocycles. The van der Waals surface area contributed by atoms with Gasteiger partial charge in [0.15, 0.2) is 0 Å². The van der Waals surface area contributed by atoms with Crippen LogP contribution in [0.1, 0.15) is 22.3 Å². The Kier molecular flexibility index (Phi) is 7.24. The molecule has 0 bridgehead atoms. The molecule has 0 aliphatic rings. The van der Waals surface area contributed by atoms with Crippen LogP contribution in [-0.2, 0) is 12.4 Å². The van der Waals surface area contributed by atoms with Gasteiger partial charge in [-0.15, -0.1) is 0 Å². The lowest BCUT2D eigenvalue weighted by Gasteiger charge is -2.15. The molecule has 9 heteroatoms. The van der Waals surface area contributed by atoms with Gasteiger partial charge in [0.1, 0.15) is 5.75 Å². The molecule has 0 fully saturated rings. The number of halogens is 6. The Morgan fingerprint density at radius 1 is 0.649 bits per heavy atom. The van der Waals surface area contributed by atoms with E-state index in [0.29, 0.717) is 11.4 Å². The first-order valence-electron chi connectivity index (χ1n) is 11.0. The average Bonchev–Trinajstić information content (AvgIpc) is 2.88. The fourth-order valence-corrected chi connectivity index (χ4v) is 3.70. The lowest BCUT2D eigenvalue weighted by atomic mass is 9.98. The van der Waals surface area contributed by atoms with Crippen molar-refractivity contribution in [2.24, 2.45) is 5.10 Å². The molecule has 37 heavy (non-hydrogen) atoms. The van der Waals surface area contributed by atoms with E-state index in [1.54, 1.807) is 12.1 Å². The van der Waals surface area contributed by atoms with Crippen LogP contribution in [0, 0.1) is 0 Å². The molecule has 0 aliphatic heterocycles. The molecular weight excluding hydrogens is 494 g/mol. The minimum Gasteiger partial charge on any atom is -0.495 e. The van der Waals surface area contributed by atoms with E-state index in [9.17, 15) is 26.3 Å². The molecule has 190 valence electrons. The summed E-state index contributed by atoms with van der Waals surface area (Å²) in [6.45, 7) is 0. The fourth-order valence-electron chi connectivity index (χ4n) is 3.70. The summed E-state index contributed by atoms with van der Waals surface area (Å²) in [4.78, 5) is 0. The highest BCUT2D eigenvalue weighted by molar-refractivity contribution is 6.13. The van der Waals surface area contributed by atoms with E-state index in [2.05, 4.69) is 10.5 Å². The zero-order chi connectivity index (χ0) is 26.6. The lowest BCUT2D eigenvalue weighted by molar-refractivity contribution is -0.138. The van der Waals surface area contributed by atoms with Gasteiger partial charge in [-0.2, -0.15) is 31.4 Å². The Labute approximate surface area is 209 Å². The van der Waals surface area contributed by atoms with Crippen LogP contribution in [0.25, 0.3) is 11.1 Å². The normalized spacial score (nSPS) is 11.6. The second-order valence-corrected chi connectivity index (χ2v) is 8.01. The Balaban J connectivity index is 1.83. The van der Waals surface area contributed by atoms with Gasteiger partial charge in [-0.05, 0) is 47.5 Å². The SMILES string of the molecule is COc1ccc(-c2ccccc2)cc1NN=C(c1cccc(C(F)(F)F)c1)c1cccc(C(F)(F)F)c1. The number of hydrogen-bond acceptors (Lipinski definition) is 3. The number of anilines is 1. The van der Waals surface area contributed by atoms with Crippen molar-refractivity contribution < 1.29 is 31.1 Å². The highest BCUT2D eigenvalue weighted by atomic mass is 19.4. The number of rotatable bonds is 6. The predicted molar refractivity (Wildman–Crippen MR) is 131 cm³/mol. The van der Waals surface area contributed by atoms with Crippen LogP contribution < -0.4 is 10.2 Å². The van der Waals surface area contributed by atoms with Crippen molar-refractivity contribution in [1.29, 1.82) is 0 Å². The summed E-state index contributed by atoms with van der Waals surface area (Å²) in [7, 11) is 1.44. The first kappa shape index (κ1) is 25.8. The van der Waals surface area contributed by atoms with Gasteiger partial charge in [0.05, 0.1) is 29.6 Å². The van der Waals surface area contributed by atoms with Crippen LogP contribution in [0.4, 0.5) is 32.0 Å². The number of alkyl halides is 6. The molecule has 4 aromatic rings. The van der Waals surface area contributed by atoms with Crippen molar-refractivity contribution in [2.45, 2.75) is 12.4 Å². The van der Waals surface area contributed by atoms with Gasteiger partial charge < -0.3 is 4.74 Å². The summed E-state index contributed by atoms with van der Waals surface area (Å²) in [5.41, 5.74) is 2.83. The molecule has 0 atom stereocenters. The standard InChI is InChI=1S/C28H20F6N2O/c1-37-25-14-13-19(18-7-3-2-4-8-18)17-24(25)35-36-26(20-9-5-11-22(15-20)27(29,30)31)21-10-6-12-23(16-21)28(32,33)34/h2-17,35H,1H3. The highest BCUT2D eigenvalue weighted by Gasteiger charge is 2.32. The number of hydrogen-bond donors (Lipinski definition) is 1. The van der Waals surface area contributed by atoms with Crippen molar-refractivity contribution in [3.63, 3.8) is 0 Å². The summed E-state index contributed by atoms with van der Waals surface area (Å²) < 4.78 is 85.7. The monoisotopic (exact) mass is 514 g/mol. The molecule has 0 saturated carbocycles. The van der Waals surface area contributed by atoms with Gasteiger partial charge in [0, 0.05) is 11.1 Å². The molecule has 1 N–H and O–H groups in total. The molecule has 0 amide bonds. The largest absolute Gasteiger partial charge is 0.495 e. The van der Waals surface area contributed by atoms with Crippen LogP contribution >= 0.6 is 0 Å². The summed E-state index contributed by atoms with van der Waals surface area (Å²) in [5, 5.41) is 4.28. The summed E-state index contributed by atoms with van der Waals surface area (Å²) in [5.74, 6) is 0.385. The maximum Gasteiger partial charge on any atom is 0.416 e. The third kappa shape index (κ3) is 6.11. The minimum atomic E-state index is -4.64. The van der Waals surface area contributed by atoms with Gasteiger partial charge in [-0.25, -0.2) is 0 Å². The molecule has 0 heterocycles. The van der Waals surface area contributed by atoms with Gasteiger partial charge in [0.2, 0.25) is 0 Å². The van der Waals surface area contributed by atoms with E-state index in [-0.39, 0.29) is 16.8 Å². The van der Waals surface area contributed by atoms with Crippen molar-refractivity contribution in [1.82, 2.24) is 0 Å². The van der Waals surface area contributed by atoms with Gasteiger partial charge in [-0.1, -0.05) is 60.7 Å². The Hall–Kier alpha value is -4.27. The number of nitrogens with one attached hydrogen (secondary N) is 1. The third-order valence-corrected chi connectivity index (χ3v) is 5.52. The predicted octanol–water partition coefficient (Wildman–Crippen LogP) is 8.26. The van der Waals surface area contributed by atoms with Crippen LogP contribution in [0.5, 0.6) is 5.75 Å². The van der Waals surface area contributed by atoms with Crippen LogP contribution in [0.3, 0.4) is 0 Å². The number of nitrogens with zero attached hydrogens (tertiary/aromatic N) is 1. The fraction of sp³-hybridized carbons (Fsp3) is 0.107. The Morgan fingerprint density at radius 3 is 1.73 bits per heavy atom. The van der Waals surface area contributed by atoms with Gasteiger partial charge >= 0.3 is 12.4 Å². The lowest BCUT2D eigenvalue weighted by Crippen LogP contribution is -2.12. The highest BCUT2D eigenvalue weighted by Crippen LogP contribution is 2.34.